The van der Waals surface area contributed by atoms with E-state index in [0.717, 1.165) is 36.9 Å². The maximum atomic E-state index is 12.5. The number of carbonyl (C=O) groups excluding carboxylic acids is 1. The zero-order chi connectivity index (χ0) is 15.6. The number of aryl methyl sites for hydroxylation is 1. The first-order valence-corrected chi connectivity index (χ1v) is 8.96. The standard InChI is InChI=1S/C18H19N3OS/c22-18(14-5-3-6-16-15(14)10-20-21-16)19-9-8-12-11-23-17-7-2-1-4-13(12)17/h1-2,4,7,10-11,14H,3,5-6,8-9H2,(H,19,22)(H,20,21). The summed E-state index contributed by atoms with van der Waals surface area (Å²) >= 11 is 1.77. The zero-order valence-corrected chi connectivity index (χ0v) is 13.7. The highest BCUT2D eigenvalue weighted by Gasteiger charge is 2.27. The molecule has 0 aliphatic heterocycles. The van der Waals surface area contributed by atoms with Gasteiger partial charge in [-0.2, -0.15) is 5.10 Å². The van der Waals surface area contributed by atoms with Crippen LogP contribution in [0.15, 0.2) is 35.8 Å². The third kappa shape index (κ3) is 2.77. The van der Waals surface area contributed by atoms with E-state index >= 15 is 0 Å². The van der Waals surface area contributed by atoms with E-state index in [-0.39, 0.29) is 11.8 Å². The van der Waals surface area contributed by atoms with E-state index in [4.69, 9.17) is 0 Å². The molecule has 2 N–H and O–H groups in total. The van der Waals surface area contributed by atoms with Crippen LogP contribution in [0.5, 0.6) is 0 Å². The highest BCUT2D eigenvalue weighted by atomic mass is 32.1. The van der Waals surface area contributed by atoms with Gasteiger partial charge in [-0.05, 0) is 48.1 Å². The maximum Gasteiger partial charge on any atom is 0.227 e. The number of aromatic amines is 1. The number of thiophene rings is 1. The van der Waals surface area contributed by atoms with Crippen molar-refractivity contribution in [3.05, 3.63) is 52.7 Å². The van der Waals surface area contributed by atoms with Crippen LogP contribution in [0.2, 0.25) is 0 Å². The summed E-state index contributed by atoms with van der Waals surface area (Å²) in [6.07, 6.45) is 5.65. The fourth-order valence-corrected chi connectivity index (χ4v) is 4.40. The molecule has 0 saturated heterocycles. The van der Waals surface area contributed by atoms with Crippen molar-refractivity contribution in [2.45, 2.75) is 31.6 Å². The molecule has 0 saturated carbocycles. The molecule has 2 aromatic heterocycles. The van der Waals surface area contributed by atoms with E-state index in [0.29, 0.717) is 6.54 Å². The smallest absolute Gasteiger partial charge is 0.227 e. The summed E-state index contributed by atoms with van der Waals surface area (Å²) in [4.78, 5) is 12.5. The van der Waals surface area contributed by atoms with E-state index in [1.807, 2.05) is 6.20 Å². The van der Waals surface area contributed by atoms with Crippen LogP contribution in [0.25, 0.3) is 10.1 Å². The number of hydrogen-bond acceptors (Lipinski definition) is 3. The van der Waals surface area contributed by atoms with Gasteiger partial charge in [0, 0.05) is 22.5 Å². The number of fused-ring (bicyclic) bond motifs is 2. The van der Waals surface area contributed by atoms with Gasteiger partial charge >= 0.3 is 0 Å². The molecular formula is C18H19N3OS. The van der Waals surface area contributed by atoms with Gasteiger partial charge in [-0.25, -0.2) is 0 Å². The van der Waals surface area contributed by atoms with E-state index < -0.39 is 0 Å². The Hall–Kier alpha value is -2.14. The molecule has 3 aromatic rings. The van der Waals surface area contributed by atoms with Gasteiger partial charge in [0.2, 0.25) is 5.91 Å². The lowest BCUT2D eigenvalue weighted by Gasteiger charge is -2.21. The molecular weight excluding hydrogens is 306 g/mol. The van der Waals surface area contributed by atoms with Crippen LogP contribution < -0.4 is 5.32 Å². The van der Waals surface area contributed by atoms with Gasteiger partial charge in [0.25, 0.3) is 0 Å². The Morgan fingerprint density at radius 1 is 1.39 bits per heavy atom. The number of nitrogens with zero attached hydrogens (tertiary/aromatic N) is 1. The van der Waals surface area contributed by atoms with Gasteiger partial charge in [-0.3, -0.25) is 9.89 Å². The summed E-state index contributed by atoms with van der Waals surface area (Å²) < 4.78 is 1.31. The van der Waals surface area contributed by atoms with Gasteiger partial charge in [-0.1, -0.05) is 18.2 Å². The molecule has 1 amide bonds. The number of aromatic nitrogens is 2. The minimum atomic E-state index is -0.0447. The predicted octanol–water partition coefficient (Wildman–Crippen LogP) is 3.40. The molecule has 118 valence electrons. The first-order chi connectivity index (χ1) is 11.3. The van der Waals surface area contributed by atoms with Crippen LogP contribution in [0.1, 0.15) is 35.6 Å². The van der Waals surface area contributed by atoms with Crippen molar-refractivity contribution >= 4 is 27.3 Å². The first kappa shape index (κ1) is 14.5. The monoisotopic (exact) mass is 325 g/mol. The fraction of sp³-hybridized carbons (Fsp3) is 0.333. The topological polar surface area (TPSA) is 57.8 Å². The molecule has 0 fully saturated rings. The number of hydrogen-bond donors (Lipinski definition) is 2. The summed E-state index contributed by atoms with van der Waals surface area (Å²) in [5, 5.41) is 13.7. The van der Waals surface area contributed by atoms with Gasteiger partial charge in [0.15, 0.2) is 0 Å². The number of H-pyrrole nitrogens is 1. The Morgan fingerprint density at radius 2 is 2.30 bits per heavy atom. The summed E-state index contributed by atoms with van der Waals surface area (Å²) in [7, 11) is 0. The van der Waals surface area contributed by atoms with Gasteiger partial charge in [0.05, 0.1) is 12.1 Å². The molecule has 1 unspecified atom stereocenters. The largest absolute Gasteiger partial charge is 0.355 e. The van der Waals surface area contributed by atoms with Gasteiger partial charge in [0.1, 0.15) is 0 Å². The summed E-state index contributed by atoms with van der Waals surface area (Å²) in [6.45, 7) is 0.684. The molecule has 1 aromatic carbocycles. The van der Waals surface area contributed by atoms with Crippen LogP contribution in [-0.2, 0) is 17.6 Å². The molecule has 4 nitrogen and oxygen atoms in total. The number of amides is 1. The van der Waals surface area contributed by atoms with Crippen LogP contribution in [0.4, 0.5) is 0 Å². The second kappa shape index (κ2) is 6.16. The molecule has 1 aliphatic rings. The number of benzene rings is 1. The quantitative estimate of drug-likeness (QED) is 0.772. The maximum absolute atomic E-state index is 12.5. The average molecular weight is 325 g/mol. The summed E-state index contributed by atoms with van der Waals surface area (Å²) in [6, 6.07) is 8.43. The molecule has 5 heteroatoms. The number of carbonyl (C=O) groups is 1. The normalized spacial score (nSPS) is 17.1. The zero-order valence-electron chi connectivity index (χ0n) is 12.8. The van der Waals surface area contributed by atoms with Crippen molar-refractivity contribution in [3.63, 3.8) is 0 Å². The number of nitrogens with one attached hydrogen (secondary N) is 2. The highest BCUT2D eigenvalue weighted by Crippen LogP contribution is 2.30. The second-order valence-corrected chi connectivity index (χ2v) is 6.96. The molecule has 23 heavy (non-hydrogen) atoms. The fourth-order valence-electron chi connectivity index (χ4n) is 3.40. The molecule has 1 atom stereocenters. The second-order valence-electron chi connectivity index (χ2n) is 6.05. The van der Waals surface area contributed by atoms with E-state index in [2.05, 4.69) is 45.2 Å². The Bertz CT molecular complexity index is 836. The lowest BCUT2D eigenvalue weighted by molar-refractivity contribution is -0.122. The van der Waals surface area contributed by atoms with Crippen molar-refractivity contribution in [3.8, 4) is 0 Å². The van der Waals surface area contributed by atoms with Crippen molar-refractivity contribution in [1.82, 2.24) is 15.5 Å². The van der Waals surface area contributed by atoms with Crippen LogP contribution >= 0.6 is 11.3 Å². The van der Waals surface area contributed by atoms with Crippen LogP contribution in [0.3, 0.4) is 0 Å². The Labute approximate surface area is 138 Å². The van der Waals surface area contributed by atoms with Crippen molar-refractivity contribution in [2.24, 2.45) is 0 Å². The molecule has 4 rings (SSSR count). The van der Waals surface area contributed by atoms with Crippen molar-refractivity contribution < 1.29 is 4.79 Å². The minimum absolute atomic E-state index is 0.0447. The highest BCUT2D eigenvalue weighted by molar-refractivity contribution is 7.17. The van der Waals surface area contributed by atoms with E-state index in [9.17, 15) is 4.79 Å². The Balaban J connectivity index is 1.39. The average Bonchev–Trinajstić information content (AvgIpc) is 3.21. The lowest BCUT2D eigenvalue weighted by Crippen LogP contribution is -2.32. The third-order valence-corrected chi connectivity index (χ3v) is 5.63. The molecule has 0 bridgehead atoms. The van der Waals surface area contributed by atoms with Crippen LogP contribution in [-0.4, -0.2) is 22.6 Å². The lowest BCUT2D eigenvalue weighted by atomic mass is 9.86. The predicted molar refractivity (Wildman–Crippen MR) is 92.8 cm³/mol. The van der Waals surface area contributed by atoms with E-state index in [1.165, 1.54) is 15.6 Å². The third-order valence-electron chi connectivity index (χ3n) is 4.62. The summed E-state index contributed by atoms with van der Waals surface area (Å²) in [5.74, 6) is 0.0867. The van der Waals surface area contributed by atoms with Gasteiger partial charge < -0.3 is 5.32 Å². The SMILES string of the molecule is O=C(NCCc1csc2ccccc12)C1CCCc2[nH]ncc21. The minimum Gasteiger partial charge on any atom is -0.355 e. The summed E-state index contributed by atoms with van der Waals surface area (Å²) in [5.41, 5.74) is 3.52. The van der Waals surface area contributed by atoms with Crippen LogP contribution in [0, 0.1) is 0 Å². The van der Waals surface area contributed by atoms with Crippen molar-refractivity contribution in [1.29, 1.82) is 0 Å². The molecule has 2 heterocycles. The van der Waals surface area contributed by atoms with Crippen molar-refractivity contribution in [2.75, 3.05) is 6.54 Å². The first-order valence-electron chi connectivity index (χ1n) is 8.08. The number of rotatable bonds is 4. The molecule has 0 spiro atoms. The Morgan fingerprint density at radius 3 is 3.26 bits per heavy atom. The Kier molecular flexibility index (Phi) is 3.87. The van der Waals surface area contributed by atoms with E-state index in [1.54, 1.807) is 11.3 Å². The molecule has 0 radical (unpaired) electrons. The molecule has 1 aliphatic carbocycles. The van der Waals surface area contributed by atoms with Gasteiger partial charge in [-0.15, -0.1) is 11.3 Å².